The highest BCUT2D eigenvalue weighted by atomic mass is 16.5. The van der Waals surface area contributed by atoms with E-state index >= 15 is 0 Å². The minimum Gasteiger partial charge on any atom is -0.494 e. The van der Waals surface area contributed by atoms with Gasteiger partial charge in [-0.3, -0.25) is 9.59 Å². The molecule has 0 saturated carbocycles. The molecule has 2 aromatic carbocycles. The van der Waals surface area contributed by atoms with Gasteiger partial charge in [-0.15, -0.1) is 0 Å². The fraction of sp³-hybridized carbons (Fsp3) is 0.364. The number of carbonyl (C=O) groups is 2. The third-order valence-corrected chi connectivity index (χ3v) is 4.32. The summed E-state index contributed by atoms with van der Waals surface area (Å²) in [6.07, 6.45) is 0.919. The summed E-state index contributed by atoms with van der Waals surface area (Å²) < 4.78 is 5.56. The number of rotatable bonds is 8. The standard InChI is InChI=1S/C22H28N2O3/c1-5-13-27-20-8-6-7-19(14-20)21(25)23-15-17-9-11-18(12-10-17)22(26)24(4)16(2)3/h6-12,14,16H,5,13,15H2,1-4H3,(H,23,25). The van der Waals surface area contributed by atoms with Gasteiger partial charge >= 0.3 is 0 Å². The summed E-state index contributed by atoms with van der Waals surface area (Å²) in [5, 5.41) is 2.90. The molecular formula is C22H28N2O3. The van der Waals surface area contributed by atoms with Gasteiger partial charge in [-0.1, -0.05) is 25.1 Å². The molecule has 0 atom stereocenters. The monoisotopic (exact) mass is 368 g/mol. The molecule has 0 heterocycles. The third kappa shape index (κ3) is 5.84. The Kier molecular flexibility index (Phi) is 7.41. The van der Waals surface area contributed by atoms with Gasteiger partial charge in [0.2, 0.25) is 0 Å². The van der Waals surface area contributed by atoms with Crippen LogP contribution in [0.15, 0.2) is 48.5 Å². The highest BCUT2D eigenvalue weighted by Crippen LogP contribution is 2.14. The summed E-state index contributed by atoms with van der Waals surface area (Å²) in [7, 11) is 1.79. The number of ether oxygens (including phenoxy) is 1. The molecule has 0 aliphatic rings. The summed E-state index contributed by atoms with van der Waals surface area (Å²) in [4.78, 5) is 26.4. The Balaban J connectivity index is 1.94. The molecule has 0 aliphatic heterocycles. The molecule has 0 fully saturated rings. The van der Waals surface area contributed by atoms with Crippen molar-refractivity contribution in [1.29, 1.82) is 0 Å². The number of benzene rings is 2. The number of carbonyl (C=O) groups excluding carboxylic acids is 2. The molecule has 0 aliphatic carbocycles. The maximum absolute atomic E-state index is 12.4. The summed E-state index contributed by atoms with van der Waals surface area (Å²) in [6.45, 7) is 7.01. The van der Waals surface area contributed by atoms with Crippen molar-refractivity contribution in [2.75, 3.05) is 13.7 Å². The fourth-order valence-electron chi connectivity index (χ4n) is 2.43. The van der Waals surface area contributed by atoms with Gasteiger partial charge in [0.1, 0.15) is 5.75 Å². The van der Waals surface area contributed by atoms with Crippen molar-refractivity contribution >= 4 is 11.8 Å². The molecule has 0 aromatic heterocycles. The van der Waals surface area contributed by atoms with Crippen molar-refractivity contribution in [3.05, 3.63) is 65.2 Å². The molecular weight excluding hydrogens is 340 g/mol. The molecule has 2 aromatic rings. The van der Waals surface area contributed by atoms with Gasteiger partial charge in [-0.05, 0) is 56.2 Å². The van der Waals surface area contributed by atoms with Gasteiger partial charge < -0.3 is 15.0 Å². The molecule has 1 N–H and O–H groups in total. The molecule has 0 saturated heterocycles. The molecule has 2 rings (SSSR count). The smallest absolute Gasteiger partial charge is 0.253 e. The zero-order chi connectivity index (χ0) is 19.8. The highest BCUT2D eigenvalue weighted by Gasteiger charge is 2.14. The van der Waals surface area contributed by atoms with Crippen molar-refractivity contribution < 1.29 is 14.3 Å². The van der Waals surface area contributed by atoms with Gasteiger partial charge in [0, 0.05) is 30.8 Å². The number of hydrogen-bond donors (Lipinski definition) is 1. The van der Waals surface area contributed by atoms with Crippen molar-refractivity contribution in [3.8, 4) is 5.75 Å². The zero-order valence-corrected chi connectivity index (χ0v) is 16.5. The predicted molar refractivity (Wildman–Crippen MR) is 107 cm³/mol. The Morgan fingerprint density at radius 2 is 1.78 bits per heavy atom. The van der Waals surface area contributed by atoms with Crippen LogP contribution in [0.3, 0.4) is 0 Å². The van der Waals surface area contributed by atoms with E-state index in [1.807, 2.05) is 45.0 Å². The molecule has 144 valence electrons. The first-order valence-electron chi connectivity index (χ1n) is 9.29. The van der Waals surface area contributed by atoms with Crippen LogP contribution in [0.1, 0.15) is 53.5 Å². The second-order valence-corrected chi connectivity index (χ2v) is 6.77. The molecule has 0 spiro atoms. The lowest BCUT2D eigenvalue weighted by Crippen LogP contribution is -2.32. The van der Waals surface area contributed by atoms with E-state index in [4.69, 9.17) is 4.74 Å². The second-order valence-electron chi connectivity index (χ2n) is 6.77. The molecule has 5 heteroatoms. The first kappa shape index (κ1) is 20.5. The van der Waals surface area contributed by atoms with Gasteiger partial charge in [0.25, 0.3) is 11.8 Å². The molecule has 5 nitrogen and oxygen atoms in total. The van der Waals surface area contributed by atoms with Crippen LogP contribution in [0.2, 0.25) is 0 Å². The Morgan fingerprint density at radius 3 is 2.41 bits per heavy atom. The Hall–Kier alpha value is -2.82. The highest BCUT2D eigenvalue weighted by molar-refractivity contribution is 5.95. The topological polar surface area (TPSA) is 58.6 Å². The van der Waals surface area contributed by atoms with E-state index in [1.54, 1.807) is 36.2 Å². The molecule has 27 heavy (non-hydrogen) atoms. The van der Waals surface area contributed by atoms with Crippen LogP contribution in [-0.2, 0) is 6.54 Å². The Bertz CT molecular complexity index is 769. The normalized spacial score (nSPS) is 10.6. The summed E-state index contributed by atoms with van der Waals surface area (Å²) in [6, 6.07) is 14.6. The number of nitrogens with one attached hydrogen (secondary N) is 1. The Labute approximate surface area is 161 Å². The van der Waals surface area contributed by atoms with E-state index in [1.165, 1.54) is 0 Å². The van der Waals surface area contributed by atoms with E-state index in [2.05, 4.69) is 5.32 Å². The SMILES string of the molecule is CCCOc1cccc(C(=O)NCc2ccc(C(=O)N(C)C(C)C)cc2)c1. The molecule has 0 unspecified atom stereocenters. The van der Waals surface area contributed by atoms with Gasteiger partial charge in [0.15, 0.2) is 0 Å². The quantitative estimate of drug-likeness (QED) is 0.769. The van der Waals surface area contributed by atoms with E-state index in [9.17, 15) is 9.59 Å². The first-order chi connectivity index (χ1) is 12.9. The maximum atomic E-state index is 12.4. The third-order valence-electron chi connectivity index (χ3n) is 4.32. The molecule has 2 amide bonds. The van der Waals surface area contributed by atoms with Crippen LogP contribution in [0.25, 0.3) is 0 Å². The van der Waals surface area contributed by atoms with Crippen molar-refractivity contribution in [2.45, 2.75) is 39.8 Å². The number of amides is 2. The second kappa shape index (κ2) is 9.76. The van der Waals surface area contributed by atoms with Crippen LogP contribution in [-0.4, -0.2) is 36.4 Å². The maximum Gasteiger partial charge on any atom is 0.253 e. The average molecular weight is 368 g/mol. The van der Waals surface area contributed by atoms with Crippen molar-refractivity contribution in [3.63, 3.8) is 0 Å². The summed E-state index contributed by atoms with van der Waals surface area (Å²) in [5.74, 6) is 0.530. The number of hydrogen-bond acceptors (Lipinski definition) is 3. The van der Waals surface area contributed by atoms with Crippen molar-refractivity contribution in [1.82, 2.24) is 10.2 Å². The van der Waals surface area contributed by atoms with E-state index in [0.717, 1.165) is 12.0 Å². The van der Waals surface area contributed by atoms with E-state index < -0.39 is 0 Å². The lowest BCUT2D eigenvalue weighted by molar-refractivity contribution is 0.0754. The minimum atomic E-state index is -0.156. The van der Waals surface area contributed by atoms with Crippen LogP contribution in [0.4, 0.5) is 0 Å². The average Bonchev–Trinajstić information content (AvgIpc) is 2.69. The fourth-order valence-corrected chi connectivity index (χ4v) is 2.43. The van der Waals surface area contributed by atoms with E-state index in [0.29, 0.717) is 30.0 Å². The van der Waals surface area contributed by atoms with Gasteiger partial charge in [-0.2, -0.15) is 0 Å². The van der Waals surface area contributed by atoms with Gasteiger partial charge in [-0.25, -0.2) is 0 Å². The molecule has 0 bridgehead atoms. The zero-order valence-electron chi connectivity index (χ0n) is 16.5. The lowest BCUT2D eigenvalue weighted by Gasteiger charge is -2.21. The predicted octanol–water partition coefficient (Wildman–Crippen LogP) is 3.89. The number of nitrogens with zero attached hydrogens (tertiary/aromatic N) is 1. The van der Waals surface area contributed by atoms with E-state index in [-0.39, 0.29) is 17.9 Å². The summed E-state index contributed by atoms with van der Waals surface area (Å²) in [5.41, 5.74) is 2.14. The first-order valence-corrected chi connectivity index (χ1v) is 9.29. The molecule has 0 radical (unpaired) electrons. The van der Waals surface area contributed by atoms with Crippen molar-refractivity contribution in [2.24, 2.45) is 0 Å². The minimum absolute atomic E-state index is 0.00974. The van der Waals surface area contributed by atoms with Crippen LogP contribution in [0.5, 0.6) is 5.75 Å². The van der Waals surface area contributed by atoms with Crippen LogP contribution in [0, 0.1) is 0 Å². The van der Waals surface area contributed by atoms with Gasteiger partial charge in [0.05, 0.1) is 6.61 Å². The van der Waals surface area contributed by atoms with Crippen LogP contribution >= 0.6 is 0 Å². The summed E-state index contributed by atoms with van der Waals surface area (Å²) >= 11 is 0. The van der Waals surface area contributed by atoms with Crippen LogP contribution < -0.4 is 10.1 Å². The Morgan fingerprint density at radius 1 is 1.07 bits per heavy atom. The largest absolute Gasteiger partial charge is 0.494 e. The lowest BCUT2D eigenvalue weighted by atomic mass is 10.1.